The van der Waals surface area contributed by atoms with Crippen molar-refractivity contribution in [3.8, 4) is 0 Å². The summed E-state index contributed by atoms with van der Waals surface area (Å²) < 4.78 is 0. The van der Waals surface area contributed by atoms with Gasteiger partial charge in [-0.2, -0.15) is 0 Å². The van der Waals surface area contributed by atoms with E-state index in [9.17, 15) is 4.79 Å². The summed E-state index contributed by atoms with van der Waals surface area (Å²) in [4.78, 5) is 22.3. The Bertz CT molecular complexity index is 596. The van der Waals surface area contributed by atoms with Crippen molar-refractivity contribution in [2.75, 3.05) is 19.0 Å². The maximum absolute atomic E-state index is 12.0. The summed E-state index contributed by atoms with van der Waals surface area (Å²) in [6.07, 6.45) is 1.73. The standard InChI is InChI=1S/C13H17N5OS/c1-18(2)12-9(4-3-5-15-12)7-16-13(19)10-8-20-11(6-14)17-10/h3-5,8H,6-7,14H2,1-2H3,(H,16,19). The first-order chi connectivity index (χ1) is 9.61. The molecule has 2 aromatic rings. The molecular formula is C13H17N5OS. The van der Waals surface area contributed by atoms with E-state index in [0.29, 0.717) is 18.8 Å². The third kappa shape index (κ3) is 3.31. The molecule has 0 aliphatic heterocycles. The average Bonchev–Trinajstić information content (AvgIpc) is 2.94. The van der Waals surface area contributed by atoms with Crippen molar-refractivity contribution < 1.29 is 4.79 Å². The maximum Gasteiger partial charge on any atom is 0.271 e. The summed E-state index contributed by atoms with van der Waals surface area (Å²) in [5.74, 6) is 0.642. The van der Waals surface area contributed by atoms with E-state index in [1.165, 1.54) is 11.3 Å². The number of carbonyl (C=O) groups is 1. The Hall–Kier alpha value is -1.99. The van der Waals surface area contributed by atoms with Gasteiger partial charge in [0.1, 0.15) is 16.5 Å². The fourth-order valence-electron chi connectivity index (χ4n) is 1.75. The number of anilines is 1. The van der Waals surface area contributed by atoms with Crippen molar-refractivity contribution in [1.29, 1.82) is 0 Å². The Labute approximate surface area is 121 Å². The number of nitrogens with one attached hydrogen (secondary N) is 1. The van der Waals surface area contributed by atoms with Gasteiger partial charge in [-0.1, -0.05) is 6.07 Å². The Morgan fingerprint density at radius 2 is 2.30 bits per heavy atom. The molecule has 2 rings (SSSR count). The van der Waals surface area contributed by atoms with E-state index >= 15 is 0 Å². The van der Waals surface area contributed by atoms with Crippen LogP contribution in [0.25, 0.3) is 0 Å². The van der Waals surface area contributed by atoms with Crippen molar-refractivity contribution in [3.05, 3.63) is 40.0 Å². The molecule has 2 heterocycles. The molecule has 0 unspecified atom stereocenters. The molecule has 6 nitrogen and oxygen atoms in total. The highest BCUT2D eigenvalue weighted by molar-refractivity contribution is 7.09. The minimum absolute atomic E-state index is 0.200. The molecule has 2 aromatic heterocycles. The monoisotopic (exact) mass is 291 g/mol. The van der Waals surface area contributed by atoms with Crippen LogP contribution in [0.2, 0.25) is 0 Å². The van der Waals surface area contributed by atoms with Gasteiger partial charge in [0.15, 0.2) is 0 Å². The van der Waals surface area contributed by atoms with E-state index in [2.05, 4.69) is 15.3 Å². The van der Waals surface area contributed by atoms with E-state index in [-0.39, 0.29) is 5.91 Å². The molecule has 1 amide bonds. The largest absolute Gasteiger partial charge is 0.362 e. The van der Waals surface area contributed by atoms with Crippen LogP contribution in [0.1, 0.15) is 21.1 Å². The lowest BCUT2D eigenvalue weighted by atomic mass is 10.2. The van der Waals surface area contributed by atoms with Crippen LogP contribution in [0.3, 0.4) is 0 Å². The summed E-state index contributed by atoms with van der Waals surface area (Å²) in [5.41, 5.74) is 6.85. The maximum atomic E-state index is 12.0. The number of nitrogens with two attached hydrogens (primary N) is 1. The highest BCUT2D eigenvalue weighted by Crippen LogP contribution is 2.14. The number of nitrogens with zero attached hydrogens (tertiary/aromatic N) is 3. The predicted octanol–water partition coefficient (Wildman–Crippen LogP) is 0.993. The molecule has 0 saturated carbocycles. The minimum atomic E-state index is -0.200. The molecule has 0 aliphatic rings. The summed E-state index contributed by atoms with van der Waals surface area (Å²) in [6, 6.07) is 3.79. The summed E-state index contributed by atoms with van der Waals surface area (Å²) in [7, 11) is 3.84. The van der Waals surface area contributed by atoms with E-state index in [1.807, 2.05) is 31.1 Å². The van der Waals surface area contributed by atoms with Gasteiger partial charge in [-0.05, 0) is 6.07 Å². The fraction of sp³-hybridized carbons (Fsp3) is 0.308. The normalized spacial score (nSPS) is 10.3. The van der Waals surface area contributed by atoms with Crippen molar-refractivity contribution in [3.63, 3.8) is 0 Å². The van der Waals surface area contributed by atoms with Crippen LogP contribution in [0.15, 0.2) is 23.7 Å². The van der Waals surface area contributed by atoms with Crippen molar-refractivity contribution in [1.82, 2.24) is 15.3 Å². The van der Waals surface area contributed by atoms with Crippen LogP contribution in [0, 0.1) is 0 Å². The van der Waals surface area contributed by atoms with E-state index < -0.39 is 0 Å². The van der Waals surface area contributed by atoms with Gasteiger partial charge in [0.2, 0.25) is 0 Å². The van der Waals surface area contributed by atoms with Crippen LogP contribution in [-0.4, -0.2) is 30.0 Å². The topological polar surface area (TPSA) is 84.1 Å². The number of thiazole rings is 1. The summed E-state index contributed by atoms with van der Waals surface area (Å²) >= 11 is 1.39. The lowest BCUT2D eigenvalue weighted by Gasteiger charge is -2.15. The zero-order valence-electron chi connectivity index (χ0n) is 11.5. The number of carbonyl (C=O) groups excluding carboxylic acids is 1. The third-order valence-electron chi connectivity index (χ3n) is 2.69. The van der Waals surface area contributed by atoms with Gasteiger partial charge in [-0.15, -0.1) is 11.3 Å². The molecule has 106 valence electrons. The van der Waals surface area contributed by atoms with Gasteiger partial charge in [0, 0.05) is 44.3 Å². The second-order valence-electron chi connectivity index (χ2n) is 4.39. The molecule has 7 heteroatoms. The molecule has 0 aromatic carbocycles. The number of hydrogen-bond acceptors (Lipinski definition) is 6. The Kier molecular flexibility index (Phi) is 4.65. The van der Waals surface area contributed by atoms with Gasteiger partial charge in [0.05, 0.1) is 0 Å². The SMILES string of the molecule is CN(C)c1ncccc1CNC(=O)c1csc(CN)n1. The number of amides is 1. The van der Waals surface area contributed by atoms with Crippen molar-refractivity contribution >= 4 is 23.1 Å². The lowest BCUT2D eigenvalue weighted by Crippen LogP contribution is -2.25. The lowest BCUT2D eigenvalue weighted by molar-refractivity contribution is 0.0946. The smallest absolute Gasteiger partial charge is 0.271 e. The minimum Gasteiger partial charge on any atom is -0.362 e. The number of pyridine rings is 1. The fourth-order valence-corrected chi connectivity index (χ4v) is 2.40. The molecule has 0 spiro atoms. The van der Waals surface area contributed by atoms with E-state index in [0.717, 1.165) is 16.4 Å². The zero-order valence-corrected chi connectivity index (χ0v) is 12.3. The zero-order chi connectivity index (χ0) is 14.5. The molecule has 0 bridgehead atoms. The van der Waals surface area contributed by atoms with Crippen LogP contribution < -0.4 is 16.0 Å². The first-order valence-corrected chi connectivity index (χ1v) is 7.03. The quantitative estimate of drug-likeness (QED) is 0.858. The molecule has 0 atom stereocenters. The Balaban J connectivity index is 2.03. The molecular weight excluding hydrogens is 274 g/mol. The molecule has 0 radical (unpaired) electrons. The van der Waals surface area contributed by atoms with Crippen LogP contribution >= 0.6 is 11.3 Å². The van der Waals surface area contributed by atoms with Crippen molar-refractivity contribution in [2.45, 2.75) is 13.1 Å². The highest BCUT2D eigenvalue weighted by Gasteiger charge is 2.11. The first-order valence-electron chi connectivity index (χ1n) is 6.15. The molecule has 0 fully saturated rings. The molecule has 0 aliphatic carbocycles. The first kappa shape index (κ1) is 14.4. The second kappa shape index (κ2) is 6.44. The van der Waals surface area contributed by atoms with E-state index in [4.69, 9.17) is 5.73 Å². The number of hydrogen-bond donors (Lipinski definition) is 2. The highest BCUT2D eigenvalue weighted by atomic mass is 32.1. The second-order valence-corrected chi connectivity index (χ2v) is 5.34. The number of rotatable bonds is 5. The predicted molar refractivity (Wildman–Crippen MR) is 79.7 cm³/mol. The van der Waals surface area contributed by atoms with Gasteiger partial charge >= 0.3 is 0 Å². The summed E-state index contributed by atoms with van der Waals surface area (Å²) in [6.45, 7) is 0.765. The van der Waals surface area contributed by atoms with Crippen LogP contribution in [0.5, 0.6) is 0 Å². The van der Waals surface area contributed by atoms with Gasteiger partial charge in [-0.25, -0.2) is 9.97 Å². The average molecular weight is 291 g/mol. The van der Waals surface area contributed by atoms with Gasteiger partial charge in [0.25, 0.3) is 5.91 Å². The molecule has 3 N–H and O–H groups in total. The van der Waals surface area contributed by atoms with E-state index in [1.54, 1.807) is 11.6 Å². The Morgan fingerprint density at radius 1 is 1.50 bits per heavy atom. The van der Waals surface area contributed by atoms with Gasteiger partial charge in [-0.3, -0.25) is 4.79 Å². The number of aromatic nitrogens is 2. The molecule has 0 saturated heterocycles. The third-order valence-corrected chi connectivity index (χ3v) is 3.56. The molecule has 20 heavy (non-hydrogen) atoms. The van der Waals surface area contributed by atoms with Gasteiger partial charge < -0.3 is 16.0 Å². The van der Waals surface area contributed by atoms with Crippen LogP contribution in [0.4, 0.5) is 5.82 Å². The van der Waals surface area contributed by atoms with Crippen molar-refractivity contribution in [2.24, 2.45) is 5.73 Å². The van der Waals surface area contributed by atoms with Crippen LogP contribution in [-0.2, 0) is 13.1 Å². The Morgan fingerprint density at radius 3 is 2.95 bits per heavy atom. The summed E-state index contributed by atoms with van der Waals surface area (Å²) in [5, 5.41) is 5.32.